The molecule has 0 aromatic heterocycles. The van der Waals surface area contributed by atoms with Gasteiger partial charge in [0.2, 0.25) is 17.6 Å². The zero-order chi connectivity index (χ0) is 25.0. The maximum atomic E-state index is 13.5. The number of hydrogen-bond acceptors (Lipinski definition) is 5. The number of Topliss-reactive ketones (excluding diaryl/α,β-unsaturated/α-hetero) is 1. The van der Waals surface area contributed by atoms with Crippen molar-refractivity contribution in [2.75, 3.05) is 13.1 Å². The molecule has 1 saturated heterocycles. The molecular formula is C26H40N4O4. The summed E-state index contributed by atoms with van der Waals surface area (Å²) in [5.41, 5.74) is 6.35. The molecule has 3 rings (SSSR count). The van der Waals surface area contributed by atoms with Crippen molar-refractivity contribution in [1.82, 2.24) is 15.5 Å². The standard InChI is InChI=1S/C26H40N4O4/c1-5-7-13-18(22(31)24(33)28-14-6-2)29-23(32)21-19-17(26(19,3)4)15-30(21)25(34)20(27)16-11-9-8-10-12-16/h5-6,16-21H,1-2,7-15,27H2,3-4H3,(H,28,33)(H,29,32)/t17-,18?,19-,20+,21+/m1/s1. The Hall–Kier alpha value is -2.48. The van der Waals surface area contributed by atoms with Crippen LogP contribution in [-0.2, 0) is 19.2 Å². The maximum absolute atomic E-state index is 13.5. The second-order valence-electron chi connectivity index (χ2n) is 10.6. The molecule has 2 saturated carbocycles. The molecule has 2 aliphatic carbocycles. The van der Waals surface area contributed by atoms with E-state index in [2.05, 4.69) is 37.6 Å². The second kappa shape index (κ2) is 10.8. The fourth-order valence-corrected chi connectivity index (χ4v) is 5.92. The van der Waals surface area contributed by atoms with Gasteiger partial charge in [0.1, 0.15) is 6.04 Å². The van der Waals surface area contributed by atoms with Crippen LogP contribution in [0.4, 0.5) is 0 Å². The lowest BCUT2D eigenvalue weighted by atomic mass is 9.83. The van der Waals surface area contributed by atoms with E-state index in [-0.39, 0.29) is 47.9 Å². The van der Waals surface area contributed by atoms with E-state index in [1.165, 1.54) is 12.5 Å². The van der Waals surface area contributed by atoms with Crippen LogP contribution >= 0.6 is 0 Å². The number of carbonyl (C=O) groups is 4. The number of rotatable bonds is 11. The fraction of sp³-hybridized carbons (Fsp3) is 0.692. The van der Waals surface area contributed by atoms with Gasteiger partial charge in [0.25, 0.3) is 5.91 Å². The van der Waals surface area contributed by atoms with Crippen molar-refractivity contribution in [2.24, 2.45) is 28.9 Å². The lowest BCUT2D eigenvalue weighted by Crippen LogP contribution is -2.58. The van der Waals surface area contributed by atoms with E-state index in [1.807, 2.05) is 0 Å². The summed E-state index contributed by atoms with van der Waals surface area (Å²) in [7, 11) is 0. The van der Waals surface area contributed by atoms with Crippen LogP contribution in [0, 0.1) is 23.2 Å². The van der Waals surface area contributed by atoms with E-state index in [0.29, 0.717) is 13.0 Å². The predicted octanol–water partition coefficient (Wildman–Crippen LogP) is 1.70. The van der Waals surface area contributed by atoms with Crippen molar-refractivity contribution >= 4 is 23.5 Å². The molecule has 0 bridgehead atoms. The number of nitrogens with one attached hydrogen (secondary N) is 2. The molecule has 4 N–H and O–H groups in total. The van der Waals surface area contributed by atoms with Crippen molar-refractivity contribution in [3.05, 3.63) is 25.3 Å². The first-order chi connectivity index (χ1) is 16.1. The Labute approximate surface area is 202 Å². The average Bonchev–Trinajstić information content (AvgIpc) is 3.16. The molecule has 1 unspecified atom stereocenters. The molecule has 8 heteroatoms. The molecule has 0 aromatic carbocycles. The molecule has 0 aromatic rings. The maximum Gasteiger partial charge on any atom is 0.289 e. The van der Waals surface area contributed by atoms with Crippen LogP contribution in [0.3, 0.4) is 0 Å². The first-order valence-electron chi connectivity index (χ1n) is 12.5. The Morgan fingerprint density at radius 1 is 1.12 bits per heavy atom. The van der Waals surface area contributed by atoms with Crippen LogP contribution in [0.5, 0.6) is 0 Å². The minimum atomic E-state index is -0.986. The summed E-state index contributed by atoms with van der Waals surface area (Å²) in [5.74, 6) is -1.65. The molecule has 0 radical (unpaired) electrons. The number of nitrogens with zero attached hydrogens (tertiary/aromatic N) is 1. The van der Waals surface area contributed by atoms with Gasteiger partial charge in [-0.15, -0.1) is 13.2 Å². The van der Waals surface area contributed by atoms with Crippen LogP contribution < -0.4 is 16.4 Å². The van der Waals surface area contributed by atoms with Gasteiger partial charge in [0.15, 0.2) is 0 Å². The topological polar surface area (TPSA) is 122 Å². The third-order valence-electron chi connectivity index (χ3n) is 8.13. The molecule has 5 atom stereocenters. The highest BCUT2D eigenvalue weighted by molar-refractivity contribution is 6.38. The summed E-state index contributed by atoms with van der Waals surface area (Å²) in [6.07, 6.45) is 9.05. The van der Waals surface area contributed by atoms with Gasteiger partial charge in [0.05, 0.1) is 12.1 Å². The van der Waals surface area contributed by atoms with E-state index >= 15 is 0 Å². The lowest BCUT2D eigenvalue weighted by molar-refractivity contribution is -0.144. The van der Waals surface area contributed by atoms with Gasteiger partial charge in [-0.2, -0.15) is 0 Å². The molecule has 1 aliphatic heterocycles. The van der Waals surface area contributed by atoms with Crippen molar-refractivity contribution in [3.8, 4) is 0 Å². The molecule has 1 heterocycles. The third-order valence-corrected chi connectivity index (χ3v) is 8.13. The highest BCUT2D eigenvalue weighted by atomic mass is 16.2. The van der Waals surface area contributed by atoms with Gasteiger partial charge in [-0.25, -0.2) is 0 Å². The number of fused-ring (bicyclic) bond motifs is 1. The minimum Gasteiger partial charge on any atom is -0.346 e. The van der Waals surface area contributed by atoms with Gasteiger partial charge >= 0.3 is 0 Å². The Morgan fingerprint density at radius 2 is 1.79 bits per heavy atom. The summed E-state index contributed by atoms with van der Waals surface area (Å²) in [6, 6.07) is -2.28. The van der Waals surface area contributed by atoms with Crippen LogP contribution in [0.1, 0.15) is 58.8 Å². The summed E-state index contributed by atoms with van der Waals surface area (Å²) in [5, 5.41) is 5.27. The highest BCUT2D eigenvalue weighted by Gasteiger charge is 2.69. The monoisotopic (exact) mass is 472 g/mol. The number of ketones is 1. The molecule has 3 amide bonds. The van der Waals surface area contributed by atoms with E-state index in [9.17, 15) is 19.2 Å². The normalized spacial score (nSPS) is 27.1. The van der Waals surface area contributed by atoms with Crippen LogP contribution in [-0.4, -0.2) is 59.6 Å². The molecule has 0 spiro atoms. The van der Waals surface area contributed by atoms with Gasteiger partial charge < -0.3 is 21.3 Å². The number of piperidine rings is 1. The summed E-state index contributed by atoms with van der Waals surface area (Å²) in [6.45, 7) is 12.1. The molecule has 3 fully saturated rings. The predicted molar refractivity (Wildman–Crippen MR) is 130 cm³/mol. The number of likely N-dealkylation sites (tertiary alicyclic amines) is 1. The highest BCUT2D eigenvalue weighted by Crippen LogP contribution is 2.65. The van der Waals surface area contributed by atoms with E-state index < -0.39 is 29.8 Å². The second-order valence-corrected chi connectivity index (χ2v) is 10.6. The summed E-state index contributed by atoms with van der Waals surface area (Å²) >= 11 is 0. The van der Waals surface area contributed by atoms with Gasteiger partial charge in [-0.05, 0) is 48.9 Å². The Balaban J connectivity index is 1.75. The van der Waals surface area contributed by atoms with E-state index in [4.69, 9.17) is 5.73 Å². The SMILES string of the molecule is C=CCCC(NC(=O)[C@@H]1[C@H]2[C@@H](CN1C(=O)[C@@H](N)C1CCCCC1)C2(C)C)C(=O)C(=O)NCC=C. The first kappa shape index (κ1) is 26.1. The Bertz CT molecular complexity index is 833. The van der Waals surface area contributed by atoms with Gasteiger partial charge in [-0.1, -0.05) is 45.3 Å². The summed E-state index contributed by atoms with van der Waals surface area (Å²) < 4.78 is 0. The Kier molecular flexibility index (Phi) is 8.34. The zero-order valence-electron chi connectivity index (χ0n) is 20.6. The van der Waals surface area contributed by atoms with Crippen molar-refractivity contribution in [2.45, 2.75) is 76.9 Å². The smallest absolute Gasteiger partial charge is 0.289 e. The van der Waals surface area contributed by atoms with E-state index in [0.717, 1.165) is 25.7 Å². The minimum absolute atomic E-state index is 0.0137. The zero-order valence-corrected chi connectivity index (χ0v) is 20.6. The van der Waals surface area contributed by atoms with Crippen molar-refractivity contribution in [1.29, 1.82) is 0 Å². The average molecular weight is 473 g/mol. The van der Waals surface area contributed by atoms with Crippen molar-refractivity contribution in [3.63, 3.8) is 0 Å². The molecule has 3 aliphatic rings. The number of nitrogens with two attached hydrogens (primary N) is 1. The summed E-state index contributed by atoms with van der Waals surface area (Å²) in [4.78, 5) is 53.6. The molecular weight excluding hydrogens is 432 g/mol. The van der Waals surface area contributed by atoms with Crippen LogP contribution in [0.15, 0.2) is 25.3 Å². The molecule has 34 heavy (non-hydrogen) atoms. The lowest BCUT2D eigenvalue weighted by Gasteiger charge is -2.35. The van der Waals surface area contributed by atoms with Crippen LogP contribution in [0.25, 0.3) is 0 Å². The number of allylic oxidation sites excluding steroid dienone is 1. The van der Waals surface area contributed by atoms with Gasteiger partial charge in [0, 0.05) is 13.1 Å². The third kappa shape index (κ3) is 5.27. The number of hydrogen-bond donors (Lipinski definition) is 3. The fourth-order valence-electron chi connectivity index (χ4n) is 5.92. The number of carbonyl (C=O) groups excluding carboxylic acids is 4. The Morgan fingerprint density at radius 3 is 2.41 bits per heavy atom. The van der Waals surface area contributed by atoms with Crippen LogP contribution in [0.2, 0.25) is 0 Å². The van der Waals surface area contributed by atoms with Crippen molar-refractivity contribution < 1.29 is 19.2 Å². The van der Waals surface area contributed by atoms with E-state index in [1.54, 1.807) is 11.0 Å². The number of amides is 3. The molecule has 188 valence electrons. The van der Waals surface area contributed by atoms with Gasteiger partial charge in [-0.3, -0.25) is 19.2 Å². The largest absolute Gasteiger partial charge is 0.346 e. The quantitative estimate of drug-likeness (QED) is 0.312. The first-order valence-corrected chi connectivity index (χ1v) is 12.5. The molecule has 8 nitrogen and oxygen atoms in total.